The molecule has 0 heterocycles. The van der Waals surface area contributed by atoms with Crippen LogP contribution >= 0.6 is 0 Å². The maximum atomic E-state index is 11.0. The summed E-state index contributed by atoms with van der Waals surface area (Å²) in [4.78, 5) is 0. The molecule has 0 amide bonds. The van der Waals surface area contributed by atoms with Gasteiger partial charge < -0.3 is 4.55 Å². The zero-order valence-corrected chi connectivity index (χ0v) is 19.1. The van der Waals surface area contributed by atoms with Gasteiger partial charge in [-0.05, 0) is 61.3 Å². The first-order chi connectivity index (χ1) is 14.1. The van der Waals surface area contributed by atoms with E-state index in [4.69, 9.17) is 4.55 Å². The van der Waals surface area contributed by atoms with E-state index in [1.807, 2.05) is 6.92 Å². The Morgan fingerprint density at radius 3 is 1.66 bits per heavy atom. The first-order valence-corrected chi connectivity index (χ1v) is 12.5. The highest BCUT2D eigenvalue weighted by Gasteiger charge is 2.07. The van der Waals surface area contributed by atoms with Crippen LogP contribution in [-0.2, 0) is 23.9 Å². The number of rotatable bonds is 14. The first kappa shape index (κ1) is 23.8. The molecular weight excluding hydrogens is 376 g/mol. The van der Waals surface area contributed by atoms with Crippen LogP contribution in [-0.4, -0.2) is 14.0 Å². The van der Waals surface area contributed by atoms with Gasteiger partial charge in [0.2, 0.25) is 0 Å². The van der Waals surface area contributed by atoms with Gasteiger partial charge in [-0.1, -0.05) is 94.0 Å². The van der Waals surface area contributed by atoms with Gasteiger partial charge >= 0.3 is 0 Å². The molecule has 0 bridgehead atoms. The van der Waals surface area contributed by atoms with Crippen molar-refractivity contribution in [3.05, 3.63) is 59.7 Å². The molecule has 1 N–H and O–H groups in total. The van der Waals surface area contributed by atoms with Gasteiger partial charge in [-0.15, -0.1) is 0 Å². The van der Waals surface area contributed by atoms with Gasteiger partial charge in [0.1, 0.15) is 0 Å². The zero-order valence-electron chi connectivity index (χ0n) is 18.2. The normalized spacial score (nSPS) is 13.3. The first-order valence-electron chi connectivity index (χ1n) is 11.4. The number of hydrogen-bond donors (Lipinski definition) is 1. The molecule has 2 aromatic rings. The van der Waals surface area contributed by atoms with Gasteiger partial charge in [-0.3, -0.25) is 0 Å². The summed E-state index contributed by atoms with van der Waals surface area (Å²) in [5.41, 5.74) is 5.25. The topological polar surface area (TPSA) is 37.3 Å². The van der Waals surface area contributed by atoms with Gasteiger partial charge in [0, 0.05) is 0 Å². The van der Waals surface area contributed by atoms with Crippen LogP contribution in [0.25, 0.3) is 11.1 Å². The molecule has 29 heavy (non-hydrogen) atoms. The van der Waals surface area contributed by atoms with E-state index >= 15 is 0 Å². The molecule has 0 saturated carbocycles. The third-order valence-electron chi connectivity index (χ3n) is 5.73. The molecule has 0 aliphatic rings. The molecule has 160 valence electrons. The van der Waals surface area contributed by atoms with Gasteiger partial charge in [0.15, 0.2) is 11.1 Å². The average Bonchev–Trinajstić information content (AvgIpc) is 2.74. The lowest BCUT2D eigenvalue weighted by Gasteiger charge is -2.08. The van der Waals surface area contributed by atoms with Crippen molar-refractivity contribution in [3.8, 4) is 11.1 Å². The van der Waals surface area contributed by atoms with Crippen molar-refractivity contribution >= 4 is 11.1 Å². The van der Waals surface area contributed by atoms with E-state index in [1.54, 1.807) is 0 Å². The molecule has 0 radical (unpaired) electrons. The van der Waals surface area contributed by atoms with Crippen LogP contribution in [0.5, 0.6) is 0 Å². The van der Waals surface area contributed by atoms with Crippen LogP contribution < -0.4 is 0 Å². The molecule has 0 fully saturated rings. The standard InChI is InChI=1S/C26H38O2S/c1-3-4-5-6-7-8-9-12-23-14-18-25(19-15-23)26-20-16-24(17-21-26)13-10-11-22(2)29(27)28/h14-22H,3-13H2,1-2H3,(H,27,28). The highest BCUT2D eigenvalue weighted by Crippen LogP contribution is 2.22. The zero-order chi connectivity index (χ0) is 20.9. The van der Waals surface area contributed by atoms with E-state index in [0.717, 1.165) is 19.3 Å². The number of unbranched alkanes of at least 4 members (excludes halogenated alkanes) is 6. The third kappa shape index (κ3) is 9.27. The fourth-order valence-electron chi connectivity index (χ4n) is 3.71. The van der Waals surface area contributed by atoms with Crippen molar-refractivity contribution in [3.63, 3.8) is 0 Å². The molecule has 0 saturated heterocycles. The Morgan fingerprint density at radius 1 is 0.724 bits per heavy atom. The van der Waals surface area contributed by atoms with Gasteiger partial charge in [-0.2, -0.15) is 0 Å². The Bertz CT molecular complexity index is 706. The highest BCUT2D eigenvalue weighted by molar-refractivity contribution is 7.79. The average molecular weight is 415 g/mol. The Morgan fingerprint density at radius 2 is 1.17 bits per heavy atom. The second-order valence-corrected chi connectivity index (χ2v) is 9.60. The lowest BCUT2D eigenvalue weighted by atomic mass is 9.99. The Kier molecular flexibility index (Phi) is 11.3. The van der Waals surface area contributed by atoms with Crippen molar-refractivity contribution < 1.29 is 8.76 Å². The summed E-state index contributed by atoms with van der Waals surface area (Å²) in [5.74, 6) is 0. The summed E-state index contributed by atoms with van der Waals surface area (Å²) in [6.45, 7) is 4.10. The van der Waals surface area contributed by atoms with E-state index in [-0.39, 0.29) is 5.25 Å². The largest absolute Gasteiger partial charge is 0.306 e. The summed E-state index contributed by atoms with van der Waals surface area (Å²) in [6.07, 6.45) is 13.4. The monoisotopic (exact) mass is 414 g/mol. The van der Waals surface area contributed by atoms with Crippen LogP contribution in [0, 0.1) is 0 Å². The molecule has 0 aromatic heterocycles. The van der Waals surface area contributed by atoms with Crippen LogP contribution in [0.15, 0.2) is 48.5 Å². The summed E-state index contributed by atoms with van der Waals surface area (Å²) in [6, 6.07) is 17.8. The number of benzene rings is 2. The fraction of sp³-hybridized carbons (Fsp3) is 0.538. The summed E-state index contributed by atoms with van der Waals surface area (Å²) >= 11 is -1.70. The fourth-order valence-corrected chi connectivity index (χ4v) is 4.08. The predicted molar refractivity (Wildman–Crippen MR) is 127 cm³/mol. The molecule has 3 heteroatoms. The van der Waals surface area contributed by atoms with E-state index < -0.39 is 11.1 Å². The molecule has 2 atom stereocenters. The van der Waals surface area contributed by atoms with Crippen LogP contribution in [0.2, 0.25) is 0 Å². The van der Waals surface area contributed by atoms with Gasteiger partial charge in [-0.25, -0.2) is 4.21 Å². The number of hydrogen-bond acceptors (Lipinski definition) is 1. The maximum absolute atomic E-state index is 11.0. The van der Waals surface area contributed by atoms with Crippen molar-refractivity contribution in [1.29, 1.82) is 0 Å². The summed E-state index contributed by atoms with van der Waals surface area (Å²) < 4.78 is 20.1. The van der Waals surface area contributed by atoms with Crippen molar-refractivity contribution in [2.45, 2.75) is 89.7 Å². The minimum Gasteiger partial charge on any atom is -0.306 e. The maximum Gasteiger partial charge on any atom is 0.155 e. The molecule has 2 unspecified atom stereocenters. The Hall–Kier alpha value is -1.45. The highest BCUT2D eigenvalue weighted by atomic mass is 32.2. The SMILES string of the molecule is CCCCCCCCCc1ccc(-c2ccc(CCCC(C)S(=O)O)cc2)cc1. The second kappa shape index (κ2) is 13.7. The van der Waals surface area contributed by atoms with Gasteiger partial charge in [0.05, 0.1) is 5.25 Å². The minimum absolute atomic E-state index is 0.145. The Labute approximate surface area is 180 Å². The van der Waals surface area contributed by atoms with Crippen molar-refractivity contribution in [2.75, 3.05) is 0 Å². The van der Waals surface area contributed by atoms with Crippen LogP contribution in [0.1, 0.15) is 82.8 Å². The quantitative estimate of drug-likeness (QED) is 0.255. The lowest BCUT2D eigenvalue weighted by Crippen LogP contribution is -2.09. The van der Waals surface area contributed by atoms with E-state index in [9.17, 15) is 4.21 Å². The van der Waals surface area contributed by atoms with Crippen molar-refractivity contribution in [2.24, 2.45) is 0 Å². The van der Waals surface area contributed by atoms with Gasteiger partial charge in [0.25, 0.3) is 0 Å². The predicted octanol–water partition coefficient (Wildman–Crippen LogP) is 7.58. The Balaban J connectivity index is 1.74. The summed E-state index contributed by atoms with van der Waals surface area (Å²) in [7, 11) is 0. The molecule has 0 aliphatic heterocycles. The molecule has 2 aromatic carbocycles. The molecule has 0 spiro atoms. The number of aryl methyl sites for hydroxylation is 2. The molecular formula is C26H38O2S. The molecule has 2 rings (SSSR count). The third-order valence-corrected chi connectivity index (χ3v) is 6.65. The van der Waals surface area contributed by atoms with E-state index in [2.05, 4.69) is 55.5 Å². The lowest BCUT2D eigenvalue weighted by molar-refractivity contribution is 0.542. The van der Waals surface area contributed by atoms with E-state index in [0.29, 0.717) is 0 Å². The van der Waals surface area contributed by atoms with E-state index in [1.165, 1.54) is 73.6 Å². The van der Waals surface area contributed by atoms with Crippen molar-refractivity contribution in [1.82, 2.24) is 0 Å². The molecule has 2 nitrogen and oxygen atoms in total. The van der Waals surface area contributed by atoms with Crippen LogP contribution in [0.3, 0.4) is 0 Å². The smallest absolute Gasteiger partial charge is 0.155 e. The summed E-state index contributed by atoms with van der Waals surface area (Å²) in [5, 5.41) is -0.145. The second-order valence-electron chi connectivity index (χ2n) is 8.24. The molecule has 0 aliphatic carbocycles. The van der Waals surface area contributed by atoms with Crippen LogP contribution in [0.4, 0.5) is 0 Å². The minimum atomic E-state index is -1.70.